The molecule has 0 saturated heterocycles. The van der Waals surface area contributed by atoms with Gasteiger partial charge < -0.3 is 21.0 Å². The highest BCUT2D eigenvalue weighted by atomic mass is 79.9. The molecule has 0 radical (unpaired) electrons. The summed E-state index contributed by atoms with van der Waals surface area (Å²) in [6.07, 6.45) is 2.03. The number of amides is 1. The molecule has 0 aliphatic heterocycles. The second kappa shape index (κ2) is 8.42. The summed E-state index contributed by atoms with van der Waals surface area (Å²) in [5.41, 5.74) is 5.91. The Morgan fingerprint density at radius 1 is 1.50 bits per heavy atom. The molecule has 1 amide bonds. The maximum atomic E-state index is 11.9. The predicted octanol–water partition coefficient (Wildman–Crippen LogP) is 2.10. The van der Waals surface area contributed by atoms with Gasteiger partial charge in [0.15, 0.2) is 0 Å². The Balaban J connectivity index is 2.38. The molecule has 0 unspecified atom stereocenters. The number of oxime groups is 1. The van der Waals surface area contributed by atoms with Crippen molar-refractivity contribution in [1.29, 1.82) is 0 Å². The van der Waals surface area contributed by atoms with Gasteiger partial charge >= 0.3 is 0 Å². The van der Waals surface area contributed by atoms with Gasteiger partial charge in [-0.1, -0.05) is 5.16 Å². The van der Waals surface area contributed by atoms with Crippen molar-refractivity contribution in [2.24, 2.45) is 10.9 Å². The second-order valence-corrected chi connectivity index (χ2v) is 5.01. The number of carbonyl (C=O) groups is 1. The van der Waals surface area contributed by atoms with Crippen LogP contribution in [0.25, 0.3) is 0 Å². The monoisotopic (exact) mass is 343 g/mol. The first-order chi connectivity index (χ1) is 9.58. The highest BCUT2D eigenvalue weighted by Crippen LogP contribution is 2.25. The van der Waals surface area contributed by atoms with E-state index >= 15 is 0 Å². The molecule has 6 nitrogen and oxygen atoms in total. The van der Waals surface area contributed by atoms with E-state index in [2.05, 4.69) is 26.4 Å². The van der Waals surface area contributed by atoms with Gasteiger partial charge in [-0.25, -0.2) is 0 Å². The first-order valence-corrected chi connectivity index (χ1v) is 6.96. The van der Waals surface area contributed by atoms with Gasteiger partial charge in [0.05, 0.1) is 11.6 Å². The van der Waals surface area contributed by atoms with Gasteiger partial charge in [-0.05, 0) is 47.0 Å². The average Bonchev–Trinajstić information content (AvgIpc) is 2.46. The predicted molar refractivity (Wildman–Crippen MR) is 80.3 cm³/mol. The largest absolute Gasteiger partial charge is 0.496 e. The molecule has 7 heteroatoms. The lowest BCUT2D eigenvalue weighted by atomic mass is 10.2. The molecule has 0 aliphatic rings. The quantitative estimate of drug-likeness (QED) is 0.232. The van der Waals surface area contributed by atoms with Crippen LogP contribution in [-0.4, -0.2) is 30.6 Å². The minimum absolute atomic E-state index is 0.142. The van der Waals surface area contributed by atoms with E-state index in [1.807, 2.05) is 0 Å². The van der Waals surface area contributed by atoms with Crippen LogP contribution in [0.2, 0.25) is 0 Å². The summed E-state index contributed by atoms with van der Waals surface area (Å²) in [7, 11) is 1.57. The molecule has 110 valence electrons. The summed E-state index contributed by atoms with van der Waals surface area (Å²) in [6, 6.07) is 5.15. The smallest absolute Gasteiger partial charge is 0.251 e. The lowest BCUT2D eigenvalue weighted by Crippen LogP contribution is -2.24. The molecule has 4 N–H and O–H groups in total. The van der Waals surface area contributed by atoms with E-state index in [0.29, 0.717) is 24.3 Å². The van der Waals surface area contributed by atoms with Crippen molar-refractivity contribution >= 4 is 27.7 Å². The molecule has 0 spiro atoms. The number of halogens is 1. The second-order valence-electron chi connectivity index (χ2n) is 4.15. The minimum Gasteiger partial charge on any atom is -0.496 e. The summed E-state index contributed by atoms with van der Waals surface area (Å²) >= 11 is 3.34. The van der Waals surface area contributed by atoms with Gasteiger partial charge in [0.2, 0.25) is 0 Å². The Morgan fingerprint density at radius 2 is 2.25 bits per heavy atom. The molecular formula is C13H18BrN3O3. The van der Waals surface area contributed by atoms with Crippen LogP contribution in [-0.2, 0) is 0 Å². The summed E-state index contributed by atoms with van der Waals surface area (Å²) in [5, 5.41) is 14.1. The maximum absolute atomic E-state index is 11.9. The highest BCUT2D eigenvalue weighted by Gasteiger charge is 2.08. The topological polar surface area (TPSA) is 96.9 Å². The first-order valence-electron chi connectivity index (χ1n) is 6.16. The molecule has 1 rings (SSSR count). The Hall–Kier alpha value is -1.76. The Labute approximate surface area is 126 Å². The molecule has 0 saturated carbocycles. The van der Waals surface area contributed by atoms with Gasteiger partial charge in [-0.2, -0.15) is 0 Å². The molecule has 0 fully saturated rings. The van der Waals surface area contributed by atoms with Crippen molar-refractivity contribution in [2.45, 2.75) is 19.3 Å². The van der Waals surface area contributed by atoms with Crippen molar-refractivity contribution in [1.82, 2.24) is 5.32 Å². The van der Waals surface area contributed by atoms with Crippen molar-refractivity contribution in [3.05, 3.63) is 28.2 Å². The van der Waals surface area contributed by atoms with Crippen LogP contribution in [0.15, 0.2) is 27.8 Å². The zero-order valence-electron chi connectivity index (χ0n) is 11.2. The SMILES string of the molecule is COc1ccc(C(=O)NCCCCC(N)=NO)cc1Br. The molecular weight excluding hydrogens is 326 g/mol. The minimum atomic E-state index is -0.142. The zero-order valence-corrected chi connectivity index (χ0v) is 12.8. The number of amidine groups is 1. The third kappa shape index (κ3) is 5.08. The first kappa shape index (κ1) is 16.3. The van der Waals surface area contributed by atoms with E-state index in [4.69, 9.17) is 15.7 Å². The molecule has 0 heterocycles. The van der Waals surface area contributed by atoms with Crippen molar-refractivity contribution in [3.63, 3.8) is 0 Å². The number of hydrogen-bond acceptors (Lipinski definition) is 4. The van der Waals surface area contributed by atoms with Crippen LogP contribution in [0.5, 0.6) is 5.75 Å². The Kier molecular flexibility index (Phi) is 6.86. The Morgan fingerprint density at radius 3 is 2.85 bits per heavy atom. The van der Waals surface area contributed by atoms with Gasteiger partial charge in [0, 0.05) is 18.5 Å². The summed E-state index contributed by atoms with van der Waals surface area (Å²) in [6.45, 7) is 0.543. The van der Waals surface area contributed by atoms with Crippen LogP contribution >= 0.6 is 15.9 Å². The van der Waals surface area contributed by atoms with Gasteiger partial charge in [-0.3, -0.25) is 4.79 Å². The number of nitrogens with one attached hydrogen (secondary N) is 1. The fraction of sp³-hybridized carbons (Fsp3) is 0.385. The lowest BCUT2D eigenvalue weighted by Gasteiger charge is -2.07. The summed E-state index contributed by atoms with van der Waals surface area (Å²) < 4.78 is 5.84. The molecule has 0 aromatic heterocycles. The normalized spacial score (nSPS) is 11.2. The number of unbranched alkanes of at least 4 members (excludes halogenated alkanes) is 1. The van der Waals surface area contributed by atoms with E-state index in [0.717, 1.165) is 17.3 Å². The molecule has 1 aromatic rings. The molecule has 20 heavy (non-hydrogen) atoms. The number of methoxy groups -OCH3 is 1. The number of nitrogens with zero attached hydrogens (tertiary/aromatic N) is 1. The number of hydrogen-bond donors (Lipinski definition) is 3. The zero-order chi connectivity index (χ0) is 15.0. The Bertz CT molecular complexity index is 492. The van der Waals surface area contributed by atoms with E-state index in [9.17, 15) is 4.79 Å². The van der Waals surface area contributed by atoms with E-state index in [1.54, 1.807) is 25.3 Å². The number of carbonyl (C=O) groups excluding carboxylic acids is 1. The maximum Gasteiger partial charge on any atom is 0.251 e. The van der Waals surface area contributed by atoms with Gasteiger partial charge in [-0.15, -0.1) is 0 Å². The molecule has 0 bridgehead atoms. The number of benzene rings is 1. The molecule has 1 aromatic carbocycles. The van der Waals surface area contributed by atoms with E-state index < -0.39 is 0 Å². The van der Waals surface area contributed by atoms with Gasteiger partial charge in [0.1, 0.15) is 11.6 Å². The average molecular weight is 344 g/mol. The van der Waals surface area contributed by atoms with Gasteiger partial charge in [0.25, 0.3) is 5.91 Å². The van der Waals surface area contributed by atoms with Crippen LogP contribution < -0.4 is 15.8 Å². The standard InChI is InChI=1S/C13H18BrN3O3/c1-20-11-6-5-9(8-10(11)14)13(18)16-7-3-2-4-12(15)17-19/h5-6,8,19H,2-4,7H2,1H3,(H2,15,17)(H,16,18). The summed E-state index contributed by atoms with van der Waals surface area (Å²) in [5.74, 6) is 0.743. The van der Waals surface area contributed by atoms with E-state index in [1.165, 1.54) is 0 Å². The van der Waals surface area contributed by atoms with Crippen LogP contribution in [0, 0.1) is 0 Å². The molecule has 0 aliphatic carbocycles. The third-order valence-corrected chi connectivity index (χ3v) is 3.31. The van der Waals surface area contributed by atoms with Crippen molar-refractivity contribution < 1.29 is 14.7 Å². The number of nitrogens with two attached hydrogens (primary N) is 1. The highest BCUT2D eigenvalue weighted by molar-refractivity contribution is 9.10. The number of rotatable bonds is 7. The van der Waals surface area contributed by atoms with Crippen LogP contribution in [0.1, 0.15) is 29.6 Å². The lowest BCUT2D eigenvalue weighted by molar-refractivity contribution is 0.0953. The molecule has 0 atom stereocenters. The third-order valence-electron chi connectivity index (χ3n) is 2.69. The van der Waals surface area contributed by atoms with E-state index in [-0.39, 0.29) is 11.7 Å². The fourth-order valence-electron chi connectivity index (χ4n) is 1.59. The van der Waals surface area contributed by atoms with Crippen LogP contribution in [0.3, 0.4) is 0 Å². The van der Waals surface area contributed by atoms with Crippen LogP contribution in [0.4, 0.5) is 0 Å². The van der Waals surface area contributed by atoms with Crippen molar-refractivity contribution in [2.75, 3.05) is 13.7 Å². The number of ether oxygens (including phenoxy) is 1. The fourth-order valence-corrected chi connectivity index (χ4v) is 2.13. The van der Waals surface area contributed by atoms with Crippen molar-refractivity contribution in [3.8, 4) is 5.75 Å². The summed E-state index contributed by atoms with van der Waals surface area (Å²) in [4.78, 5) is 11.9.